The summed E-state index contributed by atoms with van der Waals surface area (Å²) in [4.78, 5) is 13.0. The molecule has 28 heavy (non-hydrogen) atoms. The van der Waals surface area contributed by atoms with Gasteiger partial charge in [0.15, 0.2) is 0 Å². The smallest absolute Gasteiger partial charge is 0.264 e. The van der Waals surface area contributed by atoms with Crippen molar-refractivity contribution < 1.29 is 17.9 Å². The van der Waals surface area contributed by atoms with Crippen molar-refractivity contribution in [2.24, 2.45) is 0 Å². The van der Waals surface area contributed by atoms with Crippen molar-refractivity contribution in [2.45, 2.75) is 23.7 Å². The van der Waals surface area contributed by atoms with E-state index in [9.17, 15) is 13.2 Å². The number of hydrogen-bond acceptors (Lipinski definition) is 4. The summed E-state index contributed by atoms with van der Waals surface area (Å²) < 4.78 is 34.4. The first-order valence-electron chi connectivity index (χ1n) is 8.82. The molecule has 1 N–H and O–H groups in total. The van der Waals surface area contributed by atoms with Gasteiger partial charge in [0, 0.05) is 9.86 Å². The number of rotatable bonds is 4. The van der Waals surface area contributed by atoms with Crippen LogP contribution in [0.4, 0.5) is 0 Å². The predicted octanol–water partition coefficient (Wildman–Crippen LogP) is 4.15. The Hall–Kier alpha value is -2.38. The number of nitrogens with one attached hydrogen (secondary N) is 1. The molecule has 0 aliphatic heterocycles. The number of carbonyl (C=O) groups excluding carboxylic acids is 1. The molecule has 4 rings (SSSR count). The van der Waals surface area contributed by atoms with Crippen LogP contribution >= 0.6 is 15.9 Å². The van der Waals surface area contributed by atoms with Gasteiger partial charge in [0.1, 0.15) is 5.75 Å². The van der Waals surface area contributed by atoms with Crippen LogP contribution in [0.1, 0.15) is 23.5 Å². The lowest BCUT2D eigenvalue weighted by Gasteiger charge is -2.16. The normalized spacial score (nSPS) is 16.0. The maximum Gasteiger partial charge on any atom is 0.264 e. The summed E-state index contributed by atoms with van der Waals surface area (Å²) in [5.41, 5.74) is 1.74. The van der Waals surface area contributed by atoms with Crippen molar-refractivity contribution >= 4 is 42.6 Å². The maximum absolute atomic E-state index is 13.0. The third-order valence-corrected chi connectivity index (χ3v) is 7.20. The monoisotopic (exact) mass is 459 g/mol. The van der Waals surface area contributed by atoms with E-state index in [0.29, 0.717) is 24.0 Å². The SMILES string of the molecule is COc1ccc(Br)c2c1CC[C@H]2C(=O)NS(=O)(=O)c1cccc2ccccc12. The van der Waals surface area contributed by atoms with Gasteiger partial charge < -0.3 is 4.74 Å². The fourth-order valence-corrected chi connectivity index (χ4v) is 5.72. The molecular formula is C21H18BrNO4S. The third-order valence-electron chi connectivity index (χ3n) is 5.10. The molecule has 3 aromatic carbocycles. The second-order valence-electron chi connectivity index (χ2n) is 6.68. The number of benzene rings is 3. The quantitative estimate of drug-likeness (QED) is 0.635. The van der Waals surface area contributed by atoms with Crippen LogP contribution in [-0.4, -0.2) is 21.4 Å². The van der Waals surface area contributed by atoms with E-state index in [2.05, 4.69) is 20.7 Å². The summed E-state index contributed by atoms with van der Waals surface area (Å²) in [5, 5.41) is 1.39. The number of fused-ring (bicyclic) bond motifs is 2. The standard InChI is InChI=1S/C21H18BrNO4S/c1-27-18-12-11-17(22)20-15(18)9-10-16(20)21(24)23-28(25,26)19-8-4-6-13-5-2-3-7-14(13)19/h2-8,11-12,16H,9-10H2,1H3,(H,23,24)/t16-/m1/s1. The molecule has 144 valence electrons. The minimum atomic E-state index is -4.00. The molecule has 0 unspecified atom stereocenters. The van der Waals surface area contributed by atoms with Gasteiger partial charge in [-0.15, -0.1) is 0 Å². The van der Waals surface area contributed by atoms with E-state index in [0.717, 1.165) is 21.0 Å². The number of ether oxygens (including phenoxy) is 1. The van der Waals surface area contributed by atoms with Gasteiger partial charge in [0.05, 0.1) is 17.9 Å². The molecule has 1 aliphatic carbocycles. The van der Waals surface area contributed by atoms with Gasteiger partial charge in [-0.05, 0) is 47.6 Å². The summed E-state index contributed by atoms with van der Waals surface area (Å²) in [5.74, 6) is -0.365. The molecule has 0 heterocycles. The number of sulfonamides is 1. The lowest BCUT2D eigenvalue weighted by molar-refractivity contribution is -0.120. The Morgan fingerprint density at radius 1 is 1.11 bits per heavy atom. The van der Waals surface area contributed by atoms with Gasteiger partial charge in [-0.1, -0.05) is 52.3 Å². The number of halogens is 1. The average Bonchev–Trinajstić information content (AvgIpc) is 3.14. The molecule has 1 amide bonds. The van der Waals surface area contributed by atoms with Crippen LogP contribution in [0.3, 0.4) is 0 Å². The highest BCUT2D eigenvalue weighted by atomic mass is 79.9. The van der Waals surface area contributed by atoms with Gasteiger partial charge >= 0.3 is 0 Å². The van der Waals surface area contributed by atoms with Crippen LogP contribution in [0.5, 0.6) is 5.75 Å². The van der Waals surface area contributed by atoms with Crippen LogP contribution < -0.4 is 9.46 Å². The van der Waals surface area contributed by atoms with E-state index in [4.69, 9.17) is 4.74 Å². The molecule has 0 bridgehead atoms. The molecule has 0 aromatic heterocycles. The predicted molar refractivity (Wildman–Crippen MR) is 111 cm³/mol. The minimum absolute atomic E-state index is 0.0990. The Balaban J connectivity index is 1.69. The van der Waals surface area contributed by atoms with E-state index in [-0.39, 0.29) is 4.90 Å². The van der Waals surface area contributed by atoms with Crippen molar-refractivity contribution in [3.63, 3.8) is 0 Å². The molecule has 0 radical (unpaired) electrons. The first-order chi connectivity index (χ1) is 13.4. The fourth-order valence-electron chi connectivity index (χ4n) is 3.83. The highest BCUT2D eigenvalue weighted by molar-refractivity contribution is 9.10. The van der Waals surface area contributed by atoms with Crippen molar-refractivity contribution in [2.75, 3.05) is 7.11 Å². The second kappa shape index (κ2) is 7.22. The average molecular weight is 460 g/mol. The molecule has 0 saturated carbocycles. The highest BCUT2D eigenvalue weighted by Crippen LogP contribution is 2.43. The van der Waals surface area contributed by atoms with Gasteiger partial charge in [-0.2, -0.15) is 0 Å². The zero-order chi connectivity index (χ0) is 19.9. The third kappa shape index (κ3) is 3.18. The number of methoxy groups -OCH3 is 1. The molecule has 0 fully saturated rings. The van der Waals surface area contributed by atoms with Gasteiger partial charge in [-0.25, -0.2) is 13.1 Å². The largest absolute Gasteiger partial charge is 0.496 e. The molecule has 7 heteroatoms. The molecule has 0 spiro atoms. The van der Waals surface area contributed by atoms with Crippen LogP contribution in [0, 0.1) is 0 Å². The van der Waals surface area contributed by atoms with E-state index in [1.54, 1.807) is 25.3 Å². The highest BCUT2D eigenvalue weighted by Gasteiger charge is 2.35. The van der Waals surface area contributed by atoms with Crippen molar-refractivity contribution in [1.82, 2.24) is 4.72 Å². The summed E-state index contributed by atoms with van der Waals surface area (Å²) in [6, 6.07) is 15.9. The van der Waals surface area contributed by atoms with Crippen LogP contribution in [0.25, 0.3) is 10.8 Å². The summed E-state index contributed by atoms with van der Waals surface area (Å²) in [7, 11) is -2.42. The van der Waals surface area contributed by atoms with Crippen LogP contribution in [-0.2, 0) is 21.2 Å². The van der Waals surface area contributed by atoms with Gasteiger partial charge in [0.25, 0.3) is 10.0 Å². The molecule has 1 aliphatic rings. The van der Waals surface area contributed by atoms with E-state index in [1.807, 2.05) is 30.3 Å². The Labute approximate surface area is 171 Å². The zero-order valence-corrected chi connectivity index (χ0v) is 17.5. The molecular weight excluding hydrogens is 442 g/mol. The fraction of sp³-hybridized carbons (Fsp3) is 0.190. The van der Waals surface area contributed by atoms with E-state index < -0.39 is 21.8 Å². The number of hydrogen-bond donors (Lipinski definition) is 1. The molecule has 5 nitrogen and oxygen atoms in total. The van der Waals surface area contributed by atoms with Crippen LogP contribution in [0.15, 0.2) is 64.0 Å². The lowest BCUT2D eigenvalue weighted by Crippen LogP contribution is -2.34. The Bertz CT molecular complexity index is 1180. The first kappa shape index (κ1) is 19.0. The Kier molecular flexibility index (Phi) is 4.89. The first-order valence-corrected chi connectivity index (χ1v) is 11.1. The Morgan fingerprint density at radius 3 is 2.64 bits per heavy atom. The summed E-state index contributed by atoms with van der Waals surface area (Å²) in [6.07, 6.45) is 1.19. The maximum atomic E-state index is 13.0. The van der Waals surface area contributed by atoms with Crippen LogP contribution in [0.2, 0.25) is 0 Å². The van der Waals surface area contributed by atoms with Crippen molar-refractivity contribution in [3.05, 3.63) is 70.2 Å². The number of amides is 1. The lowest BCUT2D eigenvalue weighted by atomic mass is 10.0. The summed E-state index contributed by atoms with van der Waals surface area (Å²) >= 11 is 3.49. The van der Waals surface area contributed by atoms with E-state index >= 15 is 0 Å². The summed E-state index contributed by atoms with van der Waals surface area (Å²) in [6.45, 7) is 0. The zero-order valence-electron chi connectivity index (χ0n) is 15.1. The molecule has 1 atom stereocenters. The van der Waals surface area contributed by atoms with Gasteiger partial charge in [-0.3, -0.25) is 4.79 Å². The molecule has 0 saturated heterocycles. The Morgan fingerprint density at radius 2 is 1.86 bits per heavy atom. The second-order valence-corrected chi connectivity index (χ2v) is 9.19. The van der Waals surface area contributed by atoms with Crippen molar-refractivity contribution in [3.8, 4) is 5.75 Å². The topological polar surface area (TPSA) is 72.5 Å². The van der Waals surface area contributed by atoms with Gasteiger partial charge in [0.2, 0.25) is 5.91 Å². The minimum Gasteiger partial charge on any atom is -0.496 e. The van der Waals surface area contributed by atoms with Crippen molar-refractivity contribution in [1.29, 1.82) is 0 Å². The number of carbonyl (C=O) groups is 1. The van der Waals surface area contributed by atoms with E-state index in [1.165, 1.54) is 6.07 Å². The molecule has 3 aromatic rings.